The summed E-state index contributed by atoms with van der Waals surface area (Å²) in [4.78, 5) is 12.1. The molecule has 1 atom stereocenters. The first-order valence-corrected chi connectivity index (χ1v) is 6.99. The van der Waals surface area contributed by atoms with Crippen molar-refractivity contribution in [3.63, 3.8) is 0 Å². The van der Waals surface area contributed by atoms with E-state index in [2.05, 4.69) is 10.6 Å². The van der Waals surface area contributed by atoms with Crippen molar-refractivity contribution in [1.82, 2.24) is 0 Å². The second-order valence-electron chi connectivity index (χ2n) is 4.69. The minimum atomic E-state index is -0.317. The molecule has 102 valence electrons. The van der Waals surface area contributed by atoms with Crippen LogP contribution in [0.3, 0.4) is 0 Å². The van der Waals surface area contributed by atoms with Gasteiger partial charge in [-0.15, -0.1) is 0 Å². The van der Waals surface area contributed by atoms with E-state index >= 15 is 0 Å². The van der Waals surface area contributed by atoms with E-state index in [-0.39, 0.29) is 11.9 Å². The van der Waals surface area contributed by atoms with Gasteiger partial charge < -0.3 is 10.6 Å². The predicted molar refractivity (Wildman–Crippen MR) is 82.6 cm³/mol. The summed E-state index contributed by atoms with van der Waals surface area (Å²) in [7, 11) is 0. The molecule has 20 heavy (non-hydrogen) atoms. The molecule has 1 aliphatic rings. The summed E-state index contributed by atoms with van der Waals surface area (Å²) in [6.45, 7) is 0. The highest BCUT2D eigenvalue weighted by Crippen LogP contribution is 2.35. The number of hydrogen-bond donors (Lipinski definition) is 2. The van der Waals surface area contributed by atoms with Gasteiger partial charge in [-0.2, -0.15) is 0 Å². The first-order valence-electron chi connectivity index (χ1n) is 6.24. The first kappa shape index (κ1) is 13.3. The van der Waals surface area contributed by atoms with Gasteiger partial charge in [0.05, 0.1) is 21.4 Å². The van der Waals surface area contributed by atoms with Crippen LogP contribution in [0.15, 0.2) is 42.5 Å². The first-order chi connectivity index (χ1) is 9.63. The van der Waals surface area contributed by atoms with Crippen molar-refractivity contribution in [2.75, 3.05) is 10.6 Å². The highest BCUT2D eigenvalue weighted by Gasteiger charge is 2.26. The quantitative estimate of drug-likeness (QED) is 0.881. The van der Waals surface area contributed by atoms with E-state index in [1.54, 1.807) is 12.1 Å². The van der Waals surface area contributed by atoms with Gasteiger partial charge >= 0.3 is 0 Å². The molecule has 1 aliphatic heterocycles. The van der Waals surface area contributed by atoms with Gasteiger partial charge in [0, 0.05) is 6.42 Å². The Bertz CT molecular complexity index is 658. The lowest BCUT2D eigenvalue weighted by Crippen LogP contribution is -2.40. The molecule has 2 N–H and O–H groups in total. The van der Waals surface area contributed by atoms with Crippen molar-refractivity contribution in [2.45, 2.75) is 12.5 Å². The zero-order valence-electron chi connectivity index (χ0n) is 10.5. The third-order valence-corrected chi connectivity index (χ3v) is 3.97. The molecule has 0 bridgehead atoms. The maximum absolute atomic E-state index is 12.1. The van der Waals surface area contributed by atoms with E-state index in [0.717, 1.165) is 11.3 Å². The van der Waals surface area contributed by atoms with Crippen molar-refractivity contribution in [3.05, 3.63) is 58.1 Å². The van der Waals surface area contributed by atoms with Crippen LogP contribution in [0.2, 0.25) is 10.0 Å². The number of nitrogens with one attached hydrogen (secondary N) is 2. The van der Waals surface area contributed by atoms with Crippen LogP contribution in [0.1, 0.15) is 5.56 Å². The van der Waals surface area contributed by atoms with Crippen molar-refractivity contribution < 1.29 is 4.79 Å². The van der Waals surface area contributed by atoms with Crippen molar-refractivity contribution in [3.8, 4) is 0 Å². The van der Waals surface area contributed by atoms with Crippen LogP contribution in [0.4, 0.5) is 11.4 Å². The fourth-order valence-electron chi connectivity index (χ4n) is 2.24. The number of rotatable bonds is 2. The Morgan fingerprint density at radius 1 is 1.00 bits per heavy atom. The van der Waals surface area contributed by atoms with Crippen LogP contribution in [0.25, 0.3) is 0 Å². The molecule has 3 nitrogen and oxygen atoms in total. The summed E-state index contributed by atoms with van der Waals surface area (Å²) >= 11 is 12.0. The van der Waals surface area contributed by atoms with Crippen molar-refractivity contribution in [2.24, 2.45) is 0 Å². The smallest absolute Gasteiger partial charge is 0.247 e. The molecule has 5 heteroatoms. The van der Waals surface area contributed by atoms with Crippen molar-refractivity contribution >= 4 is 40.5 Å². The average molecular weight is 307 g/mol. The van der Waals surface area contributed by atoms with Gasteiger partial charge in [-0.25, -0.2) is 0 Å². The Kier molecular flexibility index (Phi) is 3.55. The normalized spacial score (nSPS) is 17.1. The lowest BCUT2D eigenvalue weighted by atomic mass is 10.0. The molecule has 0 aromatic heterocycles. The van der Waals surface area contributed by atoms with Crippen LogP contribution in [-0.4, -0.2) is 11.9 Å². The molecule has 0 fully saturated rings. The molecule has 3 rings (SSSR count). The predicted octanol–water partition coefficient (Wildman–Crippen LogP) is 3.97. The SMILES string of the molecule is O=C1Nc2cc(Cl)c(Cl)cc2NC1Cc1ccccc1. The fourth-order valence-corrected chi connectivity index (χ4v) is 2.56. The minimum absolute atomic E-state index is 0.0697. The number of fused-ring (bicyclic) bond motifs is 1. The number of carbonyl (C=O) groups is 1. The number of hydrogen-bond acceptors (Lipinski definition) is 2. The average Bonchev–Trinajstić information content (AvgIpc) is 2.43. The number of anilines is 2. The van der Waals surface area contributed by atoms with Crippen LogP contribution in [0, 0.1) is 0 Å². The lowest BCUT2D eigenvalue weighted by Gasteiger charge is -2.27. The fraction of sp³-hybridized carbons (Fsp3) is 0.133. The molecule has 0 saturated carbocycles. The Morgan fingerprint density at radius 3 is 2.35 bits per heavy atom. The van der Waals surface area contributed by atoms with Gasteiger partial charge in [-0.3, -0.25) is 4.79 Å². The Morgan fingerprint density at radius 2 is 1.65 bits per heavy atom. The molecule has 0 aliphatic carbocycles. The second kappa shape index (κ2) is 5.35. The van der Waals surface area contributed by atoms with Gasteiger partial charge in [0.1, 0.15) is 6.04 Å². The van der Waals surface area contributed by atoms with Crippen molar-refractivity contribution in [1.29, 1.82) is 0 Å². The van der Waals surface area contributed by atoms with Gasteiger partial charge in [0.15, 0.2) is 0 Å². The maximum Gasteiger partial charge on any atom is 0.247 e. The Balaban J connectivity index is 1.85. The molecule has 1 heterocycles. The van der Waals surface area contributed by atoms with Gasteiger partial charge in [0.2, 0.25) is 5.91 Å². The molecule has 0 spiro atoms. The highest BCUT2D eigenvalue weighted by molar-refractivity contribution is 6.42. The van der Waals surface area contributed by atoms with E-state index in [9.17, 15) is 4.79 Å². The lowest BCUT2D eigenvalue weighted by molar-refractivity contribution is -0.117. The molecule has 0 saturated heterocycles. The Labute approximate surface area is 126 Å². The summed E-state index contributed by atoms with van der Waals surface area (Å²) in [5.41, 5.74) is 2.55. The van der Waals surface area contributed by atoms with E-state index in [0.29, 0.717) is 22.2 Å². The summed E-state index contributed by atoms with van der Waals surface area (Å²) in [5, 5.41) is 6.95. The summed E-state index contributed by atoms with van der Waals surface area (Å²) in [6, 6.07) is 12.9. The van der Waals surface area contributed by atoms with Gasteiger partial charge in [-0.1, -0.05) is 53.5 Å². The third-order valence-electron chi connectivity index (χ3n) is 3.25. The highest BCUT2D eigenvalue weighted by atomic mass is 35.5. The number of amides is 1. The largest absolute Gasteiger partial charge is 0.372 e. The summed E-state index contributed by atoms with van der Waals surface area (Å²) < 4.78 is 0. The molecule has 2 aromatic rings. The topological polar surface area (TPSA) is 41.1 Å². The standard InChI is InChI=1S/C15H12Cl2N2O/c16-10-7-12-13(8-11(10)17)19-15(20)14(18-12)6-9-4-2-1-3-5-9/h1-5,7-8,14,18H,6H2,(H,19,20). The third kappa shape index (κ3) is 2.60. The molecular weight excluding hydrogens is 295 g/mol. The number of carbonyl (C=O) groups excluding carboxylic acids is 1. The zero-order valence-corrected chi connectivity index (χ0v) is 12.0. The summed E-state index contributed by atoms with van der Waals surface area (Å²) in [5.74, 6) is -0.0697. The van der Waals surface area contributed by atoms with E-state index < -0.39 is 0 Å². The van der Waals surface area contributed by atoms with Gasteiger partial charge in [0.25, 0.3) is 0 Å². The van der Waals surface area contributed by atoms with E-state index in [4.69, 9.17) is 23.2 Å². The van der Waals surface area contributed by atoms with E-state index in [1.807, 2.05) is 30.3 Å². The van der Waals surface area contributed by atoms with Crippen LogP contribution in [-0.2, 0) is 11.2 Å². The summed E-state index contributed by atoms with van der Waals surface area (Å²) in [6.07, 6.45) is 0.617. The second-order valence-corrected chi connectivity index (χ2v) is 5.50. The molecule has 1 amide bonds. The number of halogens is 2. The number of benzene rings is 2. The molecule has 0 radical (unpaired) electrons. The minimum Gasteiger partial charge on any atom is -0.372 e. The molecule has 2 aromatic carbocycles. The molecular formula is C15H12Cl2N2O. The van der Waals surface area contributed by atoms with Crippen LogP contribution in [0.5, 0.6) is 0 Å². The molecule has 1 unspecified atom stereocenters. The van der Waals surface area contributed by atoms with Gasteiger partial charge in [-0.05, 0) is 17.7 Å². The van der Waals surface area contributed by atoms with Crippen LogP contribution >= 0.6 is 23.2 Å². The Hall–Kier alpha value is -1.71. The van der Waals surface area contributed by atoms with E-state index in [1.165, 1.54) is 0 Å². The monoisotopic (exact) mass is 306 g/mol. The zero-order chi connectivity index (χ0) is 14.1. The maximum atomic E-state index is 12.1. The van der Waals surface area contributed by atoms with Crippen LogP contribution < -0.4 is 10.6 Å².